The van der Waals surface area contributed by atoms with Crippen molar-refractivity contribution in [3.8, 4) is 11.1 Å². The summed E-state index contributed by atoms with van der Waals surface area (Å²) in [5.41, 5.74) is 2.24. The predicted molar refractivity (Wildman–Crippen MR) is 124 cm³/mol. The van der Waals surface area contributed by atoms with Gasteiger partial charge in [0.2, 0.25) is 0 Å². The molecule has 1 aliphatic heterocycles. The van der Waals surface area contributed by atoms with Crippen molar-refractivity contribution >= 4 is 11.6 Å². The van der Waals surface area contributed by atoms with Crippen molar-refractivity contribution in [2.75, 3.05) is 18.0 Å². The van der Waals surface area contributed by atoms with Crippen LogP contribution < -0.4 is 10.2 Å². The van der Waals surface area contributed by atoms with Gasteiger partial charge in [0.25, 0.3) is 5.91 Å². The molecule has 180 valence electrons. The first-order chi connectivity index (χ1) is 16.1. The van der Waals surface area contributed by atoms with Crippen LogP contribution in [0, 0.1) is 32.4 Å². The van der Waals surface area contributed by atoms with E-state index in [-0.39, 0.29) is 41.3 Å². The maximum atomic E-state index is 16.0. The predicted octanol–water partition coefficient (Wildman–Crippen LogP) is 4.48. The summed E-state index contributed by atoms with van der Waals surface area (Å²) < 4.78 is 42.4. The number of aryl methyl sites for hydroxylation is 3. The zero-order valence-corrected chi connectivity index (χ0v) is 19.9. The van der Waals surface area contributed by atoms with Crippen LogP contribution in [0.5, 0.6) is 0 Å². The first-order valence-corrected chi connectivity index (χ1v) is 11.2. The zero-order chi connectivity index (χ0) is 24.6. The van der Waals surface area contributed by atoms with Crippen LogP contribution in [0.2, 0.25) is 0 Å². The third-order valence-electron chi connectivity index (χ3n) is 5.71. The van der Waals surface area contributed by atoms with Crippen molar-refractivity contribution in [1.29, 1.82) is 0 Å². The molecule has 1 N–H and O–H groups in total. The van der Waals surface area contributed by atoms with Crippen LogP contribution in [0.3, 0.4) is 0 Å². The molecule has 3 aromatic rings. The molecule has 3 heterocycles. The van der Waals surface area contributed by atoms with E-state index < -0.39 is 17.5 Å². The third-order valence-corrected chi connectivity index (χ3v) is 5.71. The van der Waals surface area contributed by atoms with E-state index in [1.165, 1.54) is 12.1 Å². The van der Waals surface area contributed by atoms with Gasteiger partial charge in [0.1, 0.15) is 11.6 Å². The normalized spacial score (nSPS) is 18.3. The number of morpholine rings is 1. The van der Waals surface area contributed by atoms with Crippen molar-refractivity contribution in [2.24, 2.45) is 0 Å². The molecular weight excluding hydrogens is 442 g/mol. The van der Waals surface area contributed by atoms with E-state index in [9.17, 15) is 4.79 Å². The van der Waals surface area contributed by atoms with Gasteiger partial charge in [-0.05, 0) is 52.3 Å². The lowest BCUT2D eigenvalue weighted by Gasteiger charge is -2.37. The molecule has 1 amide bonds. The molecule has 0 spiro atoms. The number of anilines is 1. The van der Waals surface area contributed by atoms with Crippen molar-refractivity contribution in [3.63, 3.8) is 0 Å². The highest BCUT2D eigenvalue weighted by Gasteiger charge is 2.28. The Morgan fingerprint density at radius 2 is 1.74 bits per heavy atom. The lowest BCUT2D eigenvalue weighted by molar-refractivity contribution is -0.00542. The van der Waals surface area contributed by atoms with Crippen molar-refractivity contribution in [3.05, 3.63) is 64.3 Å². The van der Waals surface area contributed by atoms with E-state index >= 15 is 8.78 Å². The largest absolute Gasteiger partial charge is 0.372 e. The first kappa shape index (κ1) is 23.8. The molecule has 2 aromatic heterocycles. The number of halogens is 2. The topological polar surface area (TPSA) is 80.5 Å². The minimum Gasteiger partial charge on any atom is -0.372 e. The number of nitrogens with one attached hydrogen (secondary N) is 1. The van der Waals surface area contributed by atoms with E-state index in [4.69, 9.17) is 9.26 Å². The fourth-order valence-electron chi connectivity index (χ4n) is 4.46. The van der Waals surface area contributed by atoms with Crippen LogP contribution in [-0.2, 0) is 11.3 Å². The summed E-state index contributed by atoms with van der Waals surface area (Å²) in [4.78, 5) is 18.7. The van der Waals surface area contributed by atoms with E-state index in [2.05, 4.69) is 15.5 Å². The Morgan fingerprint density at radius 1 is 1.09 bits per heavy atom. The molecule has 1 fully saturated rings. The third kappa shape index (κ3) is 4.94. The van der Waals surface area contributed by atoms with Gasteiger partial charge in [-0.3, -0.25) is 9.78 Å². The Balaban J connectivity index is 1.78. The van der Waals surface area contributed by atoms with Gasteiger partial charge in [0.15, 0.2) is 11.5 Å². The minimum absolute atomic E-state index is 0.0559. The molecule has 0 saturated carbocycles. The van der Waals surface area contributed by atoms with Crippen molar-refractivity contribution in [2.45, 2.75) is 53.4 Å². The monoisotopic (exact) mass is 470 g/mol. The second-order valence-electron chi connectivity index (χ2n) is 8.85. The molecule has 0 aliphatic carbocycles. The van der Waals surface area contributed by atoms with Crippen LogP contribution in [0.15, 0.2) is 28.8 Å². The molecule has 1 aromatic carbocycles. The number of hydrogen-bond donors (Lipinski definition) is 1. The second kappa shape index (κ2) is 9.50. The van der Waals surface area contributed by atoms with Crippen molar-refractivity contribution in [1.82, 2.24) is 15.5 Å². The highest BCUT2D eigenvalue weighted by Crippen LogP contribution is 2.36. The summed E-state index contributed by atoms with van der Waals surface area (Å²) in [6, 6.07) is 6.12. The van der Waals surface area contributed by atoms with Gasteiger partial charge in [0, 0.05) is 54.3 Å². The highest BCUT2D eigenvalue weighted by molar-refractivity contribution is 5.92. The van der Waals surface area contributed by atoms with Gasteiger partial charge in [-0.2, -0.15) is 0 Å². The highest BCUT2D eigenvalue weighted by atomic mass is 19.1. The van der Waals surface area contributed by atoms with Gasteiger partial charge in [-0.25, -0.2) is 8.78 Å². The minimum atomic E-state index is -0.582. The molecule has 0 radical (unpaired) electrons. The molecule has 2 atom stereocenters. The van der Waals surface area contributed by atoms with E-state index in [1.54, 1.807) is 37.8 Å². The van der Waals surface area contributed by atoms with Crippen LogP contribution in [-0.4, -0.2) is 41.3 Å². The maximum Gasteiger partial charge on any atom is 0.273 e. The quantitative estimate of drug-likeness (QED) is 0.592. The Kier molecular flexibility index (Phi) is 6.65. The standard InChI is InChI=1S/C25H28F2N4O3/c1-13-6-18(7-14(2)29-13)23-19(10-28-25(32)21-8-15(3)34-30-21)24(27)22(9-20(23)26)31-11-16(4)33-17(5)12-31/h6-9,16-17H,10-12H2,1-5H3,(H,28,32)/t16-,17+. The van der Waals surface area contributed by atoms with Gasteiger partial charge < -0.3 is 19.5 Å². The number of amides is 1. The zero-order valence-electron chi connectivity index (χ0n) is 19.9. The van der Waals surface area contributed by atoms with Crippen LogP contribution >= 0.6 is 0 Å². The summed E-state index contributed by atoms with van der Waals surface area (Å²) in [6.07, 6.45) is -0.259. The fourth-order valence-corrected chi connectivity index (χ4v) is 4.46. The van der Waals surface area contributed by atoms with Crippen LogP contribution in [0.4, 0.5) is 14.5 Å². The second-order valence-corrected chi connectivity index (χ2v) is 8.85. The van der Waals surface area contributed by atoms with Crippen molar-refractivity contribution < 1.29 is 22.8 Å². The molecule has 0 bridgehead atoms. The Hall–Kier alpha value is -3.33. The number of benzene rings is 1. The summed E-state index contributed by atoms with van der Waals surface area (Å²) in [5.74, 6) is -1.22. The Bertz CT molecular complexity index is 1200. The molecule has 34 heavy (non-hydrogen) atoms. The number of rotatable bonds is 5. The number of carbonyl (C=O) groups is 1. The van der Waals surface area contributed by atoms with E-state index in [0.29, 0.717) is 35.8 Å². The summed E-state index contributed by atoms with van der Waals surface area (Å²) in [6.45, 7) is 9.68. The molecule has 1 saturated heterocycles. The Labute approximate surface area is 197 Å². The molecule has 9 heteroatoms. The lowest BCUT2D eigenvalue weighted by atomic mass is 9.96. The maximum absolute atomic E-state index is 16.0. The molecule has 7 nitrogen and oxygen atoms in total. The number of nitrogens with zero attached hydrogens (tertiary/aromatic N) is 3. The summed E-state index contributed by atoms with van der Waals surface area (Å²) in [5, 5.41) is 6.35. The fraction of sp³-hybridized carbons (Fsp3) is 0.400. The number of aromatic nitrogens is 2. The molecular formula is C25H28F2N4O3. The average Bonchev–Trinajstić information content (AvgIpc) is 3.18. The van der Waals surface area contributed by atoms with Crippen LogP contribution in [0.1, 0.15) is 47.0 Å². The molecule has 1 aliphatic rings. The average molecular weight is 471 g/mol. The Morgan fingerprint density at radius 3 is 2.32 bits per heavy atom. The van der Waals surface area contributed by atoms with Gasteiger partial charge in [-0.15, -0.1) is 0 Å². The molecule has 0 unspecified atom stereocenters. The number of pyridine rings is 1. The molecule has 4 rings (SSSR count). The number of ether oxygens (including phenoxy) is 1. The lowest BCUT2D eigenvalue weighted by Crippen LogP contribution is -2.46. The SMILES string of the molecule is Cc1cc(-c2c(F)cc(N3C[C@@H](C)O[C@@H](C)C3)c(F)c2CNC(=O)c2cc(C)on2)cc(C)n1. The van der Waals surface area contributed by atoms with Gasteiger partial charge in [0.05, 0.1) is 17.9 Å². The van der Waals surface area contributed by atoms with Crippen LogP contribution in [0.25, 0.3) is 11.1 Å². The summed E-state index contributed by atoms with van der Waals surface area (Å²) in [7, 11) is 0. The number of carbonyl (C=O) groups excluding carboxylic acids is 1. The van der Waals surface area contributed by atoms with E-state index in [1.807, 2.05) is 13.8 Å². The number of hydrogen-bond acceptors (Lipinski definition) is 6. The first-order valence-electron chi connectivity index (χ1n) is 11.2. The van der Waals surface area contributed by atoms with Gasteiger partial charge in [-0.1, -0.05) is 5.16 Å². The van der Waals surface area contributed by atoms with Gasteiger partial charge >= 0.3 is 0 Å². The summed E-state index contributed by atoms with van der Waals surface area (Å²) >= 11 is 0. The smallest absolute Gasteiger partial charge is 0.273 e. The van der Waals surface area contributed by atoms with E-state index in [0.717, 1.165) is 0 Å².